The van der Waals surface area contributed by atoms with Crippen molar-refractivity contribution in [2.45, 2.75) is 41.7 Å². The van der Waals surface area contributed by atoms with Crippen molar-refractivity contribution in [1.29, 1.82) is 0 Å². The number of hydrogen-bond acceptors (Lipinski definition) is 8. The van der Waals surface area contributed by atoms with E-state index in [1.54, 1.807) is 12.5 Å². The molecule has 5 rings (SSSR count). The Morgan fingerprint density at radius 1 is 1.23 bits per heavy atom. The van der Waals surface area contributed by atoms with E-state index in [1.165, 1.54) is 11.8 Å². The maximum absolute atomic E-state index is 6.46. The topological polar surface area (TPSA) is 103 Å². The van der Waals surface area contributed by atoms with Crippen molar-refractivity contribution in [3.63, 3.8) is 0 Å². The number of anilines is 2. The number of piperidine rings is 1. The Bertz CT molecular complexity index is 1080. The summed E-state index contributed by atoms with van der Waals surface area (Å²) in [6, 6.07) is 3.91. The lowest BCUT2D eigenvalue weighted by Gasteiger charge is -2.41. The van der Waals surface area contributed by atoms with E-state index in [9.17, 15) is 0 Å². The third-order valence-corrected chi connectivity index (χ3v) is 8.02. The van der Waals surface area contributed by atoms with Crippen LogP contribution in [0.1, 0.15) is 19.8 Å². The van der Waals surface area contributed by atoms with Gasteiger partial charge < -0.3 is 25.5 Å². The fourth-order valence-electron chi connectivity index (χ4n) is 4.52. The standard InChI is InChI=1S/C21H24ClN5O2S/c1-12-18(23)21(11-29-12)4-7-27(8-5-21)20-13-3-9-28-17(13)15(10-26-20)30-14-2-6-25-19(24)16(14)22/h2-3,6,9-10,12,18H,4-5,7-8,11,23H2,1H3,(H2,24,25)/t12-,18?/m0/s1. The lowest BCUT2D eigenvalue weighted by molar-refractivity contribution is 0.0974. The van der Waals surface area contributed by atoms with Gasteiger partial charge in [0.15, 0.2) is 5.58 Å². The van der Waals surface area contributed by atoms with E-state index in [1.807, 2.05) is 18.3 Å². The van der Waals surface area contributed by atoms with E-state index in [0.29, 0.717) is 10.8 Å². The van der Waals surface area contributed by atoms with E-state index >= 15 is 0 Å². The predicted octanol–water partition coefficient (Wildman–Crippen LogP) is 3.94. The van der Waals surface area contributed by atoms with Gasteiger partial charge in [0.1, 0.15) is 11.6 Å². The van der Waals surface area contributed by atoms with Crippen molar-refractivity contribution in [1.82, 2.24) is 9.97 Å². The molecule has 0 aliphatic carbocycles. The van der Waals surface area contributed by atoms with Crippen LogP contribution >= 0.6 is 23.4 Å². The van der Waals surface area contributed by atoms with Gasteiger partial charge in [-0.2, -0.15) is 0 Å². The van der Waals surface area contributed by atoms with Crippen molar-refractivity contribution in [2.75, 3.05) is 30.3 Å². The van der Waals surface area contributed by atoms with Gasteiger partial charge in [-0.05, 0) is 31.9 Å². The van der Waals surface area contributed by atoms with Crippen LogP contribution < -0.4 is 16.4 Å². The maximum Gasteiger partial charge on any atom is 0.153 e. The van der Waals surface area contributed by atoms with Gasteiger partial charge in [0.25, 0.3) is 0 Å². The van der Waals surface area contributed by atoms with E-state index in [-0.39, 0.29) is 17.6 Å². The average molecular weight is 446 g/mol. The highest BCUT2D eigenvalue weighted by molar-refractivity contribution is 7.99. The minimum absolute atomic E-state index is 0.0826. The number of aromatic nitrogens is 2. The molecule has 2 fully saturated rings. The Morgan fingerprint density at radius 2 is 2.03 bits per heavy atom. The summed E-state index contributed by atoms with van der Waals surface area (Å²) < 4.78 is 11.7. The number of halogens is 1. The van der Waals surface area contributed by atoms with Gasteiger partial charge in [-0.3, -0.25) is 0 Å². The average Bonchev–Trinajstić information content (AvgIpc) is 3.35. The van der Waals surface area contributed by atoms with Crippen LogP contribution in [0.2, 0.25) is 5.02 Å². The molecule has 1 spiro atoms. The number of pyridine rings is 2. The molecule has 4 N–H and O–H groups in total. The fraction of sp³-hybridized carbons (Fsp3) is 0.429. The van der Waals surface area contributed by atoms with E-state index in [0.717, 1.165) is 59.1 Å². The molecule has 2 aliphatic rings. The predicted molar refractivity (Wildman–Crippen MR) is 119 cm³/mol. The van der Waals surface area contributed by atoms with Gasteiger partial charge in [0.05, 0.1) is 34.3 Å². The van der Waals surface area contributed by atoms with Gasteiger partial charge in [0.2, 0.25) is 0 Å². The summed E-state index contributed by atoms with van der Waals surface area (Å²) in [6.45, 7) is 4.62. The summed E-state index contributed by atoms with van der Waals surface area (Å²) >= 11 is 7.79. The fourth-order valence-corrected chi connectivity index (χ4v) is 5.67. The van der Waals surface area contributed by atoms with Crippen LogP contribution in [0.15, 0.2) is 45.0 Å². The first-order chi connectivity index (χ1) is 14.5. The highest BCUT2D eigenvalue weighted by atomic mass is 35.5. The third-order valence-electron chi connectivity index (χ3n) is 6.44. The molecule has 7 nitrogen and oxygen atoms in total. The van der Waals surface area contributed by atoms with Crippen LogP contribution in [0.5, 0.6) is 0 Å². The van der Waals surface area contributed by atoms with Crippen LogP contribution in [0.4, 0.5) is 11.6 Å². The second-order valence-electron chi connectivity index (χ2n) is 8.11. The summed E-state index contributed by atoms with van der Waals surface area (Å²) in [5.74, 6) is 1.26. The molecular formula is C21H24ClN5O2S. The van der Waals surface area contributed by atoms with Gasteiger partial charge in [0, 0.05) is 41.8 Å². The largest absolute Gasteiger partial charge is 0.463 e. The number of nitrogen functional groups attached to an aromatic ring is 1. The number of fused-ring (bicyclic) bond motifs is 1. The lowest BCUT2D eigenvalue weighted by Crippen LogP contribution is -2.50. The minimum Gasteiger partial charge on any atom is -0.463 e. The monoisotopic (exact) mass is 445 g/mol. The summed E-state index contributed by atoms with van der Waals surface area (Å²) in [6.07, 6.45) is 7.32. The molecule has 2 atom stereocenters. The Balaban J connectivity index is 1.40. The van der Waals surface area contributed by atoms with Crippen molar-refractivity contribution < 1.29 is 9.15 Å². The Labute approximate surface area is 184 Å². The second-order valence-corrected chi connectivity index (χ2v) is 9.57. The summed E-state index contributed by atoms with van der Waals surface area (Å²) in [7, 11) is 0. The Kier molecular flexibility index (Phi) is 5.05. The molecule has 158 valence electrons. The quantitative estimate of drug-likeness (QED) is 0.624. The normalized spacial score (nSPS) is 23.5. The van der Waals surface area contributed by atoms with Gasteiger partial charge in [-0.25, -0.2) is 9.97 Å². The van der Waals surface area contributed by atoms with Crippen LogP contribution in [0, 0.1) is 5.41 Å². The van der Waals surface area contributed by atoms with Crippen molar-refractivity contribution in [3.8, 4) is 0 Å². The second kappa shape index (κ2) is 7.60. The van der Waals surface area contributed by atoms with E-state index in [4.69, 9.17) is 37.2 Å². The van der Waals surface area contributed by atoms with Crippen LogP contribution in [-0.2, 0) is 4.74 Å². The van der Waals surface area contributed by atoms with E-state index in [2.05, 4.69) is 16.8 Å². The smallest absolute Gasteiger partial charge is 0.153 e. The molecule has 0 bridgehead atoms. The zero-order chi connectivity index (χ0) is 20.9. The van der Waals surface area contributed by atoms with Gasteiger partial charge >= 0.3 is 0 Å². The third kappa shape index (κ3) is 3.22. The molecule has 0 aromatic carbocycles. The molecule has 2 aliphatic heterocycles. The molecule has 3 aromatic rings. The first kappa shape index (κ1) is 19.9. The molecule has 0 saturated carbocycles. The summed E-state index contributed by atoms with van der Waals surface area (Å²) in [4.78, 5) is 12.8. The maximum atomic E-state index is 6.46. The Hall–Kier alpha value is -2.00. The molecule has 3 aromatic heterocycles. The first-order valence-electron chi connectivity index (χ1n) is 10.0. The van der Waals surface area contributed by atoms with Gasteiger partial charge in [-0.1, -0.05) is 23.4 Å². The zero-order valence-electron chi connectivity index (χ0n) is 16.7. The van der Waals surface area contributed by atoms with Crippen LogP contribution in [-0.4, -0.2) is 41.8 Å². The number of nitrogens with zero attached hydrogens (tertiary/aromatic N) is 3. The number of nitrogens with two attached hydrogens (primary N) is 2. The SMILES string of the molecule is C[C@@H]1OCC2(CCN(c3ncc(Sc4ccnc(N)c4Cl)c4occc34)CC2)C1N. The molecule has 2 saturated heterocycles. The minimum atomic E-state index is 0.0826. The number of furan rings is 1. The zero-order valence-corrected chi connectivity index (χ0v) is 18.2. The molecule has 30 heavy (non-hydrogen) atoms. The van der Waals surface area contributed by atoms with Crippen molar-refractivity contribution >= 4 is 46.0 Å². The molecule has 9 heteroatoms. The summed E-state index contributed by atoms with van der Waals surface area (Å²) in [5.41, 5.74) is 13.2. The van der Waals surface area contributed by atoms with Crippen molar-refractivity contribution in [3.05, 3.63) is 35.8 Å². The lowest BCUT2D eigenvalue weighted by atomic mass is 9.73. The highest BCUT2D eigenvalue weighted by Crippen LogP contribution is 2.44. The first-order valence-corrected chi connectivity index (χ1v) is 11.2. The van der Waals surface area contributed by atoms with Gasteiger partial charge in [-0.15, -0.1) is 0 Å². The van der Waals surface area contributed by atoms with Crippen LogP contribution in [0.25, 0.3) is 11.0 Å². The summed E-state index contributed by atoms with van der Waals surface area (Å²) in [5, 5.41) is 1.44. The van der Waals surface area contributed by atoms with E-state index < -0.39 is 0 Å². The van der Waals surface area contributed by atoms with Crippen molar-refractivity contribution in [2.24, 2.45) is 11.1 Å². The molecule has 1 unspecified atom stereocenters. The number of rotatable bonds is 3. The molecule has 0 radical (unpaired) electrons. The molecule has 0 amide bonds. The number of ether oxygens (including phenoxy) is 1. The molecule has 5 heterocycles. The number of hydrogen-bond donors (Lipinski definition) is 2. The Morgan fingerprint density at radius 3 is 2.77 bits per heavy atom. The highest BCUT2D eigenvalue weighted by Gasteiger charge is 2.47. The van der Waals surface area contributed by atoms with Crippen LogP contribution in [0.3, 0.4) is 0 Å². The molecular weight excluding hydrogens is 422 g/mol.